The summed E-state index contributed by atoms with van der Waals surface area (Å²) >= 11 is 5.31. The molecule has 0 saturated carbocycles. The molecule has 1 aromatic rings. The van der Waals surface area contributed by atoms with Gasteiger partial charge in [0, 0.05) is 6.07 Å². The first kappa shape index (κ1) is 15.4. The number of nitrogens with zero attached hydrogens (tertiary/aromatic N) is 1. The molecular weight excluding hydrogens is 301 g/mol. The Morgan fingerprint density at radius 1 is 1.47 bits per heavy atom. The van der Waals surface area contributed by atoms with Crippen LogP contribution in [-0.4, -0.2) is 22.4 Å². The van der Waals surface area contributed by atoms with E-state index in [9.17, 15) is 26.7 Å². The Morgan fingerprint density at radius 3 is 2.47 bits per heavy atom. The van der Waals surface area contributed by atoms with Crippen LogP contribution in [0.25, 0.3) is 0 Å². The monoisotopic (exact) mass is 305 g/mol. The summed E-state index contributed by atoms with van der Waals surface area (Å²) in [6.07, 6.45) is -9.20. The first-order valence-corrected chi connectivity index (χ1v) is 4.93. The number of hydrogen-bond acceptors (Lipinski definition) is 3. The highest BCUT2D eigenvalue weighted by atomic mass is 35.5. The van der Waals surface area contributed by atoms with Gasteiger partial charge in [-0.2, -0.15) is 0 Å². The molecule has 0 aromatic carbocycles. The Labute approximate surface area is 107 Å². The molecule has 0 radical (unpaired) electrons. The SMILES string of the molecule is O=C(O)Cc1cc(OC(F)(F)F)nc(Cl)c1C(F)F. The van der Waals surface area contributed by atoms with Crippen LogP contribution in [0.15, 0.2) is 6.07 Å². The van der Waals surface area contributed by atoms with E-state index in [0.717, 1.165) is 0 Å². The fourth-order valence-electron chi connectivity index (χ4n) is 1.26. The molecule has 0 amide bonds. The van der Waals surface area contributed by atoms with Gasteiger partial charge in [0.15, 0.2) is 0 Å². The second-order valence-corrected chi connectivity index (χ2v) is 3.60. The van der Waals surface area contributed by atoms with E-state index >= 15 is 0 Å². The van der Waals surface area contributed by atoms with E-state index in [-0.39, 0.29) is 0 Å². The molecule has 10 heteroatoms. The largest absolute Gasteiger partial charge is 0.574 e. The Kier molecular flexibility index (Phi) is 4.51. The average molecular weight is 306 g/mol. The van der Waals surface area contributed by atoms with Gasteiger partial charge in [-0.15, -0.1) is 13.2 Å². The van der Waals surface area contributed by atoms with E-state index in [4.69, 9.17) is 16.7 Å². The molecule has 1 N–H and O–H groups in total. The van der Waals surface area contributed by atoms with E-state index in [1.807, 2.05) is 0 Å². The minimum atomic E-state index is -5.09. The molecule has 0 unspecified atom stereocenters. The molecule has 1 heterocycles. The Balaban J connectivity index is 3.26. The van der Waals surface area contributed by atoms with Crippen LogP contribution in [0.2, 0.25) is 5.15 Å². The van der Waals surface area contributed by atoms with Gasteiger partial charge in [-0.3, -0.25) is 4.79 Å². The standard InChI is InChI=1S/C9H5ClF5NO3/c10-7-6(8(11)12)3(2-5(17)18)1-4(16-7)19-9(13,14)15/h1,8H,2H2,(H,17,18). The van der Waals surface area contributed by atoms with Crippen molar-refractivity contribution in [1.29, 1.82) is 0 Å². The summed E-state index contributed by atoms with van der Waals surface area (Å²) in [5.74, 6) is -2.61. The van der Waals surface area contributed by atoms with E-state index in [1.54, 1.807) is 0 Å². The van der Waals surface area contributed by atoms with Crippen LogP contribution in [-0.2, 0) is 11.2 Å². The molecule has 0 spiro atoms. The number of pyridine rings is 1. The summed E-state index contributed by atoms with van der Waals surface area (Å²) in [4.78, 5) is 13.5. The third-order valence-corrected chi connectivity index (χ3v) is 2.14. The number of aromatic nitrogens is 1. The van der Waals surface area contributed by atoms with Crippen molar-refractivity contribution < 1.29 is 36.6 Å². The zero-order valence-electron chi connectivity index (χ0n) is 8.84. The van der Waals surface area contributed by atoms with Crippen molar-refractivity contribution in [1.82, 2.24) is 4.98 Å². The van der Waals surface area contributed by atoms with Crippen LogP contribution >= 0.6 is 11.6 Å². The summed E-state index contributed by atoms with van der Waals surface area (Å²) < 4.78 is 64.5. The molecule has 0 aliphatic carbocycles. The number of carbonyl (C=O) groups is 1. The van der Waals surface area contributed by atoms with Gasteiger partial charge in [-0.25, -0.2) is 13.8 Å². The topological polar surface area (TPSA) is 59.4 Å². The maximum Gasteiger partial charge on any atom is 0.574 e. The normalized spacial score (nSPS) is 11.7. The lowest BCUT2D eigenvalue weighted by Gasteiger charge is -2.13. The van der Waals surface area contributed by atoms with Gasteiger partial charge >= 0.3 is 12.3 Å². The number of rotatable bonds is 4. The Bertz CT molecular complexity index is 491. The van der Waals surface area contributed by atoms with Gasteiger partial charge in [0.2, 0.25) is 5.88 Å². The van der Waals surface area contributed by atoms with E-state index in [1.165, 1.54) is 0 Å². The second-order valence-electron chi connectivity index (χ2n) is 3.24. The van der Waals surface area contributed by atoms with E-state index in [0.29, 0.717) is 6.07 Å². The van der Waals surface area contributed by atoms with Crippen molar-refractivity contribution in [3.8, 4) is 5.88 Å². The zero-order chi connectivity index (χ0) is 14.8. The predicted molar refractivity (Wildman–Crippen MR) is 52.2 cm³/mol. The maximum atomic E-state index is 12.6. The molecule has 1 rings (SSSR count). The lowest BCUT2D eigenvalue weighted by Crippen LogP contribution is -2.18. The summed E-state index contributed by atoms with van der Waals surface area (Å²) in [5, 5.41) is 7.58. The molecule has 0 fully saturated rings. The molecule has 0 aliphatic heterocycles. The van der Waals surface area contributed by atoms with E-state index in [2.05, 4.69) is 9.72 Å². The van der Waals surface area contributed by atoms with Gasteiger partial charge in [0.1, 0.15) is 5.15 Å². The van der Waals surface area contributed by atoms with Gasteiger partial charge in [0.25, 0.3) is 6.43 Å². The quantitative estimate of drug-likeness (QED) is 0.685. The van der Waals surface area contributed by atoms with Crippen molar-refractivity contribution in [3.63, 3.8) is 0 Å². The van der Waals surface area contributed by atoms with Crippen LogP contribution in [0.1, 0.15) is 17.6 Å². The number of hydrogen-bond donors (Lipinski definition) is 1. The van der Waals surface area contributed by atoms with Crippen LogP contribution in [0, 0.1) is 0 Å². The highest BCUT2D eigenvalue weighted by Gasteiger charge is 2.33. The first-order chi connectivity index (χ1) is 8.60. The second kappa shape index (κ2) is 5.55. The molecule has 0 bridgehead atoms. The van der Waals surface area contributed by atoms with Crippen molar-refractivity contribution in [3.05, 3.63) is 22.3 Å². The molecule has 4 nitrogen and oxygen atoms in total. The smallest absolute Gasteiger partial charge is 0.481 e. The molecule has 0 atom stereocenters. The number of carboxylic acids is 1. The molecule has 19 heavy (non-hydrogen) atoms. The Morgan fingerprint density at radius 2 is 2.05 bits per heavy atom. The maximum absolute atomic E-state index is 12.6. The average Bonchev–Trinajstić information content (AvgIpc) is 2.10. The van der Waals surface area contributed by atoms with Crippen molar-refractivity contribution in [2.45, 2.75) is 19.2 Å². The van der Waals surface area contributed by atoms with E-state index < -0.39 is 47.3 Å². The van der Waals surface area contributed by atoms with Crippen LogP contribution in [0.5, 0.6) is 5.88 Å². The summed E-state index contributed by atoms with van der Waals surface area (Å²) in [5.41, 5.74) is -1.53. The molecule has 106 valence electrons. The highest BCUT2D eigenvalue weighted by molar-refractivity contribution is 6.30. The fraction of sp³-hybridized carbons (Fsp3) is 0.333. The lowest BCUT2D eigenvalue weighted by atomic mass is 10.1. The number of carboxylic acid groups (broad SMARTS) is 1. The summed E-state index contributed by atoms with van der Waals surface area (Å²) in [6, 6.07) is 0.467. The molecule has 0 aliphatic rings. The van der Waals surface area contributed by atoms with Gasteiger partial charge in [-0.1, -0.05) is 11.6 Å². The number of aliphatic carboxylic acids is 1. The fourth-order valence-corrected chi connectivity index (χ4v) is 1.55. The van der Waals surface area contributed by atoms with Crippen LogP contribution in [0.4, 0.5) is 22.0 Å². The molecule has 1 aromatic heterocycles. The Hall–Kier alpha value is -1.64. The van der Waals surface area contributed by atoms with Gasteiger partial charge < -0.3 is 9.84 Å². The van der Waals surface area contributed by atoms with Crippen molar-refractivity contribution in [2.24, 2.45) is 0 Å². The third-order valence-electron chi connectivity index (χ3n) is 1.85. The third kappa shape index (κ3) is 4.51. The lowest BCUT2D eigenvalue weighted by molar-refractivity contribution is -0.276. The van der Waals surface area contributed by atoms with Crippen molar-refractivity contribution in [2.75, 3.05) is 0 Å². The van der Waals surface area contributed by atoms with Gasteiger partial charge in [0.05, 0.1) is 12.0 Å². The minimum Gasteiger partial charge on any atom is -0.481 e. The molecule has 0 saturated heterocycles. The zero-order valence-corrected chi connectivity index (χ0v) is 9.60. The highest BCUT2D eigenvalue weighted by Crippen LogP contribution is 2.33. The number of ether oxygens (including phenoxy) is 1. The first-order valence-electron chi connectivity index (χ1n) is 4.55. The van der Waals surface area contributed by atoms with Gasteiger partial charge in [-0.05, 0) is 5.56 Å². The molecular formula is C9H5ClF5NO3. The van der Waals surface area contributed by atoms with Crippen molar-refractivity contribution >= 4 is 17.6 Å². The number of alkyl halides is 5. The minimum absolute atomic E-state index is 0.467. The summed E-state index contributed by atoms with van der Waals surface area (Å²) in [7, 11) is 0. The van der Waals surface area contributed by atoms with Crippen LogP contribution < -0.4 is 4.74 Å². The number of halogens is 6. The summed E-state index contributed by atoms with van der Waals surface area (Å²) in [6.45, 7) is 0. The van der Waals surface area contributed by atoms with Crippen LogP contribution in [0.3, 0.4) is 0 Å². The predicted octanol–water partition coefficient (Wildman–Crippen LogP) is 3.20.